The van der Waals surface area contributed by atoms with Gasteiger partial charge >= 0.3 is 0 Å². The molecule has 0 spiro atoms. The highest BCUT2D eigenvalue weighted by Crippen LogP contribution is 2.41. The Balaban J connectivity index is 2.36. The van der Waals surface area contributed by atoms with E-state index in [0.717, 1.165) is 24.4 Å². The number of para-hydroxylation sites is 1. The molecule has 6 heteroatoms. The number of aliphatic hydroxyl groups excluding tert-OH is 1. The minimum atomic E-state index is -0.663. The van der Waals surface area contributed by atoms with Gasteiger partial charge in [0.1, 0.15) is 5.75 Å². The van der Waals surface area contributed by atoms with Crippen molar-refractivity contribution in [3.63, 3.8) is 0 Å². The van der Waals surface area contributed by atoms with Crippen LogP contribution in [0.4, 0.5) is 0 Å². The van der Waals surface area contributed by atoms with Crippen molar-refractivity contribution in [3.8, 4) is 5.75 Å². The van der Waals surface area contributed by atoms with E-state index in [-0.39, 0.29) is 5.92 Å². The van der Waals surface area contributed by atoms with Gasteiger partial charge in [-0.15, -0.1) is 11.3 Å². The van der Waals surface area contributed by atoms with Crippen LogP contribution >= 0.6 is 43.2 Å². The van der Waals surface area contributed by atoms with Gasteiger partial charge in [-0.3, -0.25) is 0 Å². The summed E-state index contributed by atoms with van der Waals surface area (Å²) in [6, 6.07) is 9.56. The SMILES string of the molecule is COc1ccccc1C(CN)C(O)c1cc(Br)c(Br)s1. The number of ether oxygens (including phenoxy) is 1. The minimum absolute atomic E-state index is 0.205. The van der Waals surface area contributed by atoms with Crippen LogP contribution in [0.25, 0.3) is 0 Å². The molecule has 0 aliphatic heterocycles. The number of nitrogens with two attached hydrogens (primary N) is 1. The number of halogens is 2. The Kier molecular flexibility index (Phi) is 5.63. The minimum Gasteiger partial charge on any atom is -0.496 e. The van der Waals surface area contributed by atoms with Crippen molar-refractivity contribution in [2.45, 2.75) is 12.0 Å². The summed E-state index contributed by atoms with van der Waals surface area (Å²) in [4.78, 5) is 0.866. The number of methoxy groups -OCH3 is 1. The van der Waals surface area contributed by atoms with E-state index in [9.17, 15) is 5.11 Å². The fourth-order valence-electron chi connectivity index (χ4n) is 2.11. The first kappa shape index (κ1) is 16.0. The topological polar surface area (TPSA) is 55.5 Å². The first-order valence-electron chi connectivity index (χ1n) is 6.04. The van der Waals surface area contributed by atoms with Crippen LogP contribution in [0.15, 0.2) is 38.6 Å². The van der Waals surface area contributed by atoms with Crippen LogP contribution in [0.5, 0.6) is 5.75 Å². The summed E-state index contributed by atoms with van der Waals surface area (Å²) in [5.41, 5.74) is 6.80. The van der Waals surface area contributed by atoms with Crippen LogP contribution in [-0.4, -0.2) is 18.8 Å². The quantitative estimate of drug-likeness (QED) is 0.766. The van der Waals surface area contributed by atoms with E-state index in [1.165, 1.54) is 11.3 Å². The maximum atomic E-state index is 10.6. The van der Waals surface area contributed by atoms with Crippen molar-refractivity contribution in [1.82, 2.24) is 0 Å². The highest BCUT2D eigenvalue weighted by atomic mass is 79.9. The summed E-state index contributed by atoms with van der Waals surface area (Å²) in [6.45, 7) is 0.342. The summed E-state index contributed by atoms with van der Waals surface area (Å²) in [6.07, 6.45) is -0.663. The van der Waals surface area contributed by atoms with E-state index >= 15 is 0 Å². The van der Waals surface area contributed by atoms with Gasteiger partial charge in [0.05, 0.1) is 17.0 Å². The third-order valence-corrected chi connectivity index (χ3v) is 6.46. The van der Waals surface area contributed by atoms with E-state index in [1.807, 2.05) is 30.3 Å². The van der Waals surface area contributed by atoms with Crippen LogP contribution in [0.1, 0.15) is 22.5 Å². The Morgan fingerprint density at radius 1 is 1.35 bits per heavy atom. The smallest absolute Gasteiger partial charge is 0.122 e. The lowest BCUT2D eigenvalue weighted by atomic mass is 9.92. The van der Waals surface area contributed by atoms with Gasteiger partial charge in [-0.1, -0.05) is 18.2 Å². The van der Waals surface area contributed by atoms with Gasteiger partial charge in [0, 0.05) is 27.4 Å². The lowest BCUT2D eigenvalue weighted by Gasteiger charge is -2.22. The van der Waals surface area contributed by atoms with Crippen molar-refractivity contribution >= 4 is 43.2 Å². The second kappa shape index (κ2) is 7.04. The second-order valence-corrected chi connectivity index (χ2v) is 7.56. The molecule has 2 atom stereocenters. The molecule has 108 valence electrons. The number of rotatable bonds is 5. The molecule has 2 aromatic rings. The Morgan fingerprint density at radius 2 is 2.05 bits per heavy atom. The molecular weight excluding hydrogens is 406 g/mol. The zero-order valence-corrected chi connectivity index (χ0v) is 14.8. The third kappa shape index (κ3) is 3.26. The zero-order chi connectivity index (χ0) is 14.7. The molecule has 0 amide bonds. The maximum Gasteiger partial charge on any atom is 0.122 e. The van der Waals surface area contributed by atoms with Crippen LogP contribution in [0.2, 0.25) is 0 Å². The predicted octanol–water partition coefficient (Wildman–Crippen LogP) is 4.06. The highest BCUT2D eigenvalue weighted by molar-refractivity contribution is 9.13. The molecule has 2 rings (SSSR count). The standard InChI is InChI=1S/C14H15Br2NO2S/c1-19-11-5-3-2-4-8(11)9(7-17)13(18)12-6-10(15)14(16)20-12/h2-6,9,13,18H,7,17H2,1H3. The summed E-state index contributed by atoms with van der Waals surface area (Å²) >= 11 is 8.38. The summed E-state index contributed by atoms with van der Waals surface area (Å²) in [5.74, 6) is 0.542. The Morgan fingerprint density at radius 3 is 2.60 bits per heavy atom. The Labute approximate surface area is 139 Å². The fourth-order valence-corrected chi connectivity index (χ4v) is 4.25. The molecular formula is C14H15Br2NO2S. The molecule has 0 bridgehead atoms. The predicted molar refractivity (Wildman–Crippen MR) is 89.5 cm³/mol. The molecule has 0 aliphatic carbocycles. The molecule has 0 fully saturated rings. The first-order chi connectivity index (χ1) is 9.58. The van der Waals surface area contributed by atoms with Crippen molar-refractivity contribution < 1.29 is 9.84 Å². The van der Waals surface area contributed by atoms with Crippen molar-refractivity contribution in [2.75, 3.05) is 13.7 Å². The average molecular weight is 421 g/mol. The Hall–Kier alpha value is -0.400. The van der Waals surface area contributed by atoms with Crippen LogP contribution in [-0.2, 0) is 0 Å². The first-order valence-corrected chi connectivity index (χ1v) is 8.44. The van der Waals surface area contributed by atoms with Crippen LogP contribution in [0, 0.1) is 0 Å². The number of benzene rings is 1. The molecule has 0 radical (unpaired) electrons. The van der Waals surface area contributed by atoms with Crippen LogP contribution in [0.3, 0.4) is 0 Å². The van der Waals surface area contributed by atoms with Crippen molar-refractivity contribution in [2.24, 2.45) is 5.73 Å². The van der Waals surface area contributed by atoms with Gasteiger partial charge in [0.25, 0.3) is 0 Å². The van der Waals surface area contributed by atoms with Gasteiger partial charge in [0.15, 0.2) is 0 Å². The van der Waals surface area contributed by atoms with Gasteiger partial charge in [-0.2, -0.15) is 0 Å². The molecule has 1 aromatic heterocycles. The normalized spacial score (nSPS) is 14.1. The fraction of sp³-hybridized carbons (Fsp3) is 0.286. The van der Waals surface area contributed by atoms with Gasteiger partial charge in [0.2, 0.25) is 0 Å². The van der Waals surface area contributed by atoms with Gasteiger partial charge in [-0.25, -0.2) is 0 Å². The highest BCUT2D eigenvalue weighted by Gasteiger charge is 2.26. The molecule has 0 saturated carbocycles. The molecule has 0 saturated heterocycles. The molecule has 1 aromatic carbocycles. The number of hydrogen-bond acceptors (Lipinski definition) is 4. The largest absolute Gasteiger partial charge is 0.496 e. The number of aliphatic hydroxyl groups is 1. The second-order valence-electron chi connectivity index (χ2n) is 4.30. The van der Waals surface area contributed by atoms with E-state index in [4.69, 9.17) is 10.5 Å². The lowest BCUT2D eigenvalue weighted by molar-refractivity contribution is 0.149. The summed E-state index contributed by atoms with van der Waals surface area (Å²) in [5, 5.41) is 10.6. The number of thiophene rings is 1. The summed E-state index contributed by atoms with van der Waals surface area (Å²) in [7, 11) is 1.62. The van der Waals surface area contributed by atoms with E-state index in [2.05, 4.69) is 31.9 Å². The van der Waals surface area contributed by atoms with Gasteiger partial charge < -0.3 is 15.6 Å². The van der Waals surface area contributed by atoms with E-state index < -0.39 is 6.10 Å². The molecule has 3 nitrogen and oxygen atoms in total. The molecule has 0 aliphatic rings. The van der Waals surface area contributed by atoms with Gasteiger partial charge in [-0.05, 0) is 44.0 Å². The Bertz CT molecular complexity index is 569. The summed E-state index contributed by atoms with van der Waals surface area (Å²) < 4.78 is 7.26. The molecule has 2 unspecified atom stereocenters. The third-order valence-electron chi connectivity index (χ3n) is 3.13. The van der Waals surface area contributed by atoms with E-state index in [1.54, 1.807) is 7.11 Å². The van der Waals surface area contributed by atoms with Crippen molar-refractivity contribution in [3.05, 3.63) is 49.0 Å². The van der Waals surface area contributed by atoms with E-state index in [0.29, 0.717) is 6.54 Å². The number of hydrogen-bond donors (Lipinski definition) is 2. The molecule has 1 heterocycles. The zero-order valence-electron chi connectivity index (χ0n) is 10.8. The maximum absolute atomic E-state index is 10.6. The molecule has 3 N–H and O–H groups in total. The van der Waals surface area contributed by atoms with Crippen LogP contribution < -0.4 is 10.5 Å². The molecule has 20 heavy (non-hydrogen) atoms. The van der Waals surface area contributed by atoms with Crippen molar-refractivity contribution in [1.29, 1.82) is 0 Å². The average Bonchev–Trinajstić information content (AvgIpc) is 2.80. The lowest BCUT2D eigenvalue weighted by Crippen LogP contribution is -2.20. The monoisotopic (exact) mass is 419 g/mol.